The van der Waals surface area contributed by atoms with Crippen LogP contribution in [0.1, 0.15) is 52.2 Å². The SMILES string of the molecule is CCCCOCCOCCNC(=NC)NCc1ncc(C(C)(C)C)o1. The Bertz CT molecular complexity index is 495. The molecule has 0 atom stereocenters. The van der Waals surface area contributed by atoms with E-state index in [1.807, 2.05) is 0 Å². The molecular weight excluding hydrogens is 320 g/mol. The molecule has 7 nitrogen and oxygen atoms in total. The molecule has 144 valence electrons. The summed E-state index contributed by atoms with van der Waals surface area (Å²) >= 11 is 0. The van der Waals surface area contributed by atoms with Gasteiger partial charge in [-0.1, -0.05) is 34.1 Å². The van der Waals surface area contributed by atoms with Crippen LogP contribution in [0.25, 0.3) is 0 Å². The maximum absolute atomic E-state index is 5.75. The van der Waals surface area contributed by atoms with Crippen molar-refractivity contribution in [1.29, 1.82) is 0 Å². The fraction of sp³-hybridized carbons (Fsp3) is 0.778. The molecule has 0 saturated carbocycles. The molecule has 0 bridgehead atoms. The highest BCUT2D eigenvalue weighted by atomic mass is 16.5. The molecule has 0 aromatic carbocycles. The third kappa shape index (κ3) is 9.45. The van der Waals surface area contributed by atoms with Crippen molar-refractivity contribution in [3.05, 3.63) is 17.8 Å². The predicted octanol–water partition coefficient (Wildman–Crippen LogP) is 2.47. The number of nitrogens with one attached hydrogen (secondary N) is 2. The fourth-order valence-electron chi connectivity index (χ4n) is 1.93. The molecule has 0 saturated heterocycles. The van der Waals surface area contributed by atoms with E-state index in [2.05, 4.69) is 48.3 Å². The minimum Gasteiger partial charge on any atom is -0.443 e. The monoisotopic (exact) mass is 354 g/mol. The van der Waals surface area contributed by atoms with E-state index in [4.69, 9.17) is 13.9 Å². The molecule has 1 heterocycles. The topological polar surface area (TPSA) is 80.9 Å². The van der Waals surface area contributed by atoms with Crippen LogP contribution in [-0.2, 0) is 21.4 Å². The van der Waals surface area contributed by atoms with E-state index in [0.29, 0.717) is 44.8 Å². The van der Waals surface area contributed by atoms with Gasteiger partial charge in [-0.3, -0.25) is 4.99 Å². The number of hydrogen-bond acceptors (Lipinski definition) is 5. The van der Waals surface area contributed by atoms with Crippen molar-refractivity contribution in [2.75, 3.05) is 40.0 Å². The van der Waals surface area contributed by atoms with Gasteiger partial charge in [0.1, 0.15) is 5.76 Å². The van der Waals surface area contributed by atoms with E-state index in [1.165, 1.54) is 0 Å². The van der Waals surface area contributed by atoms with Crippen LogP contribution in [0.2, 0.25) is 0 Å². The Kier molecular flexibility index (Phi) is 10.2. The smallest absolute Gasteiger partial charge is 0.213 e. The predicted molar refractivity (Wildman–Crippen MR) is 100.0 cm³/mol. The van der Waals surface area contributed by atoms with Gasteiger partial charge in [-0.05, 0) is 6.42 Å². The van der Waals surface area contributed by atoms with Crippen LogP contribution >= 0.6 is 0 Å². The van der Waals surface area contributed by atoms with E-state index < -0.39 is 0 Å². The van der Waals surface area contributed by atoms with Crippen LogP contribution in [0.4, 0.5) is 0 Å². The Morgan fingerprint density at radius 3 is 2.48 bits per heavy atom. The maximum atomic E-state index is 5.75. The number of ether oxygens (including phenoxy) is 2. The molecule has 0 spiro atoms. The molecule has 1 aromatic heterocycles. The molecule has 2 N–H and O–H groups in total. The highest BCUT2D eigenvalue weighted by Gasteiger charge is 2.19. The summed E-state index contributed by atoms with van der Waals surface area (Å²) in [6.45, 7) is 12.3. The first kappa shape index (κ1) is 21.4. The van der Waals surface area contributed by atoms with Crippen molar-refractivity contribution < 1.29 is 13.9 Å². The molecule has 0 unspecified atom stereocenters. The summed E-state index contributed by atoms with van der Waals surface area (Å²) in [5, 5.41) is 6.37. The summed E-state index contributed by atoms with van der Waals surface area (Å²) < 4.78 is 16.7. The first-order valence-corrected chi connectivity index (χ1v) is 9.02. The number of hydrogen-bond donors (Lipinski definition) is 2. The summed E-state index contributed by atoms with van der Waals surface area (Å²) in [7, 11) is 1.73. The third-order valence-electron chi connectivity index (χ3n) is 3.48. The lowest BCUT2D eigenvalue weighted by atomic mass is 9.94. The highest BCUT2D eigenvalue weighted by molar-refractivity contribution is 5.79. The number of guanidine groups is 1. The van der Waals surface area contributed by atoms with Crippen LogP contribution in [0.3, 0.4) is 0 Å². The zero-order valence-corrected chi connectivity index (χ0v) is 16.4. The molecular formula is C18H34N4O3. The quantitative estimate of drug-likeness (QED) is 0.361. The van der Waals surface area contributed by atoms with E-state index in [1.54, 1.807) is 13.2 Å². The second kappa shape index (κ2) is 11.9. The Morgan fingerprint density at radius 1 is 1.16 bits per heavy atom. The Morgan fingerprint density at radius 2 is 1.88 bits per heavy atom. The third-order valence-corrected chi connectivity index (χ3v) is 3.48. The Labute approximate surface area is 151 Å². The number of aromatic nitrogens is 1. The number of rotatable bonds is 11. The van der Waals surface area contributed by atoms with E-state index in [9.17, 15) is 0 Å². The lowest BCUT2D eigenvalue weighted by Crippen LogP contribution is -2.38. The molecule has 0 amide bonds. The molecule has 25 heavy (non-hydrogen) atoms. The van der Waals surface area contributed by atoms with Gasteiger partial charge >= 0.3 is 0 Å². The molecule has 0 fully saturated rings. The Hall–Kier alpha value is -1.60. The molecule has 0 aliphatic carbocycles. The van der Waals surface area contributed by atoms with Crippen molar-refractivity contribution in [2.45, 2.75) is 52.5 Å². The van der Waals surface area contributed by atoms with Crippen LogP contribution in [0, 0.1) is 0 Å². The zero-order valence-electron chi connectivity index (χ0n) is 16.4. The normalized spacial score (nSPS) is 12.4. The second-order valence-corrected chi connectivity index (χ2v) is 6.80. The molecule has 0 radical (unpaired) electrons. The fourth-order valence-corrected chi connectivity index (χ4v) is 1.93. The van der Waals surface area contributed by atoms with Crippen LogP contribution in [0.5, 0.6) is 0 Å². The van der Waals surface area contributed by atoms with Crippen molar-refractivity contribution in [3.8, 4) is 0 Å². The van der Waals surface area contributed by atoms with E-state index in [0.717, 1.165) is 25.2 Å². The number of oxazole rings is 1. The summed E-state index contributed by atoms with van der Waals surface area (Å²) in [5.41, 5.74) is -0.0389. The van der Waals surface area contributed by atoms with Crippen molar-refractivity contribution in [3.63, 3.8) is 0 Å². The van der Waals surface area contributed by atoms with Gasteiger partial charge in [0.25, 0.3) is 0 Å². The van der Waals surface area contributed by atoms with Gasteiger partial charge in [0, 0.05) is 25.6 Å². The summed E-state index contributed by atoms with van der Waals surface area (Å²) in [5.74, 6) is 2.22. The highest BCUT2D eigenvalue weighted by Crippen LogP contribution is 2.22. The van der Waals surface area contributed by atoms with Crippen molar-refractivity contribution >= 4 is 5.96 Å². The summed E-state index contributed by atoms with van der Waals surface area (Å²) in [4.78, 5) is 8.46. The summed E-state index contributed by atoms with van der Waals surface area (Å²) in [6, 6.07) is 0. The number of aliphatic imine (C=N–C) groups is 1. The lowest BCUT2D eigenvalue weighted by Gasteiger charge is -2.13. The first-order valence-electron chi connectivity index (χ1n) is 9.02. The first-order chi connectivity index (χ1) is 12.0. The van der Waals surface area contributed by atoms with Crippen LogP contribution < -0.4 is 10.6 Å². The van der Waals surface area contributed by atoms with Gasteiger partial charge in [0.05, 0.1) is 32.6 Å². The van der Waals surface area contributed by atoms with Crippen LogP contribution in [-0.4, -0.2) is 51.0 Å². The lowest BCUT2D eigenvalue weighted by molar-refractivity contribution is 0.0487. The minimum absolute atomic E-state index is 0.0389. The van der Waals surface area contributed by atoms with Gasteiger partial charge < -0.3 is 24.5 Å². The standard InChI is InChI=1S/C18H34N4O3/c1-6-7-9-23-11-12-24-10-8-20-17(19-5)22-14-16-21-13-15(25-16)18(2,3)4/h13H,6-12,14H2,1-5H3,(H2,19,20,22). The number of unbranched alkanes of at least 4 members (excludes halogenated alkanes) is 1. The van der Waals surface area contributed by atoms with Crippen LogP contribution in [0.15, 0.2) is 15.6 Å². The molecule has 1 rings (SSSR count). The largest absolute Gasteiger partial charge is 0.443 e. The van der Waals surface area contributed by atoms with Gasteiger partial charge in [-0.2, -0.15) is 0 Å². The average molecular weight is 354 g/mol. The summed E-state index contributed by atoms with van der Waals surface area (Å²) in [6.07, 6.45) is 4.04. The van der Waals surface area contributed by atoms with Crippen molar-refractivity contribution in [2.24, 2.45) is 4.99 Å². The zero-order chi connectivity index (χ0) is 18.5. The molecule has 1 aromatic rings. The molecule has 7 heteroatoms. The number of nitrogens with zero attached hydrogens (tertiary/aromatic N) is 2. The van der Waals surface area contributed by atoms with Gasteiger partial charge in [-0.15, -0.1) is 0 Å². The molecule has 0 aliphatic rings. The second-order valence-electron chi connectivity index (χ2n) is 6.80. The Balaban J connectivity index is 2.13. The van der Waals surface area contributed by atoms with E-state index in [-0.39, 0.29) is 5.41 Å². The van der Waals surface area contributed by atoms with Crippen molar-refractivity contribution in [1.82, 2.24) is 15.6 Å². The van der Waals surface area contributed by atoms with Gasteiger partial charge in [0.2, 0.25) is 5.89 Å². The van der Waals surface area contributed by atoms with Gasteiger partial charge in [0.15, 0.2) is 5.96 Å². The minimum atomic E-state index is -0.0389. The van der Waals surface area contributed by atoms with E-state index >= 15 is 0 Å². The van der Waals surface area contributed by atoms with Gasteiger partial charge in [-0.25, -0.2) is 4.98 Å². The average Bonchev–Trinajstić information content (AvgIpc) is 3.05. The molecule has 0 aliphatic heterocycles. The maximum Gasteiger partial charge on any atom is 0.213 e.